The van der Waals surface area contributed by atoms with Crippen LogP contribution >= 0.6 is 12.2 Å². The summed E-state index contributed by atoms with van der Waals surface area (Å²) in [4.78, 5) is 12.7. The fourth-order valence-corrected chi connectivity index (χ4v) is 3.30. The minimum Gasteiger partial charge on any atom is -0.493 e. The summed E-state index contributed by atoms with van der Waals surface area (Å²) in [7, 11) is 3.08. The number of nitrogens with zero attached hydrogens (tertiary/aromatic N) is 3. The lowest BCUT2D eigenvalue weighted by Crippen LogP contribution is -2.14. The SMILES string of the molecule is CCOC(=O)c1c(N=NC(N)=S)c(O)n2c1-c1cc(OC)c(OC)cc1CC2. The largest absolute Gasteiger partial charge is 0.493 e. The summed E-state index contributed by atoms with van der Waals surface area (Å²) in [6.45, 7) is 2.28. The molecule has 0 spiro atoms. The maximum absolute atomic E-state index is 12.7. The first-order chi connectivity index (χ1) is 13.4. The van der Waals surface area contributed by atoms with Gasteiger partial charge in [-0.15, -0.1) is 10.2 Å². The summed E-state index contributed by atoms with van der Waals surface area (Å²) in [6.07, 6.45) is 0.610. The highest BCUT2D eigenvalue weighted by atomic mass is 32.1. The Morgan fingerprint density at radius 2 is 2.00 bits per heavy atom. The number of rotatable bonds is 5. The second-order valence-electron chi connectivity index (χ2n) is 5.92. The van der Waals surface area contributed by atoms with Crippen molar-refractivity contribution in [1.82, 2.24) is 4.57 Å². The van der Waals surface area contributed by atoms with Gasteiger partial charge in [-0.25, -0.2) is 4.79 Å². The highest BCUT2D eigenvalue weighted by molar-refractivity contribution is 7.80. The van der Waals surface area contributed by atoms with Crippen LogP contribution in [0.3, 0.4) is 0 Å². The number of ether oxygens (including phenoxy) is 3. The molecular formula is C18H20N4O5S. The zero-order chi connectivity index (χ0) is 20.4. The van der Waals surface area contributed by atoms with Crippen LogP contribution in [-0.4, -0.2) is 41.6 Å². The van der Waals surface area contributed by atoms with Crippen LogP contribution in [0.15, 0.2) is 22.4 Å². The molecule has 2 aromatic rings. The highest BCUT2D eigenvalue weighted by Crippen LogP contribution is 2.47. The van der Waals surface area contributed by atoms with Gasteiger partial charge >= 0.3 is 5.97 Å². The monoisotopic (exact) mass is 404 g/mol. The van der Waals surface area contributed by atoms with Crippen molar-refractivity contribution in [2.75, 3.05) is 20.8 Å². The van der Waals surface area contributed by atoms with E-state index < -0.39 is 5.97 Å². The summed E-state index contributed by atoms with van der Waals surface area (Å²) >= 11 is 4.71. The molecule has 0 saturated carbocycles. The van der Waals surface area contributed by atoms with Crippen molar-refractivity contribution < 1.29 is 24.1 Å². The Labute approximate surface area is 166 Å². The number of aryl methyl sites for hydroxylation is 1. The Morgan fingerprint density at radius 3 is 2.61 bits per heavy atom. The first-order valence-electron chi connectivity index (χ1n) is 8.51. The number of aromatic nitrogens is 1. The lowest BCUT2D eigenvalue weighted by molar-refractivity contribution is 0.0528. The van der Waals surface area contributed by atoms with E-state index in [0.29, 0.717) is 35.7 Å². The normalized spacial score (nSPS) is 12.4. The van der Waals surface area contributed by atoms with Gasteiger partial charge in [-0.2, -0.15) is 0 Å². The van der Waals surface area contributed by atoms with Crippen LogP contribution in [0.25, 0.3) is 11.3 Å². The van der Waals surface area contributed by atoms with Crippen molar-refractivity contribution in [3.05, 3.63) is 23.3 Å². The number of nitrogens with two attached hydrogens (primary N) is 1. The molecule has 148 valence electrons. The zero-order valence-electron chi connectivity index (χ0n) is 15.7. The molecule has 0 fully saturated rings. The number of carbonyl (C=O) groups excluding carboxylic acids is 1. The summed E-state index contributed by atoms with van der Waals surface area (Å²) < 4.78 is 17.5. The molecule has 0 radical (unpaired) electrons. The van der Waals surface area contributed by atoms with Gasteiger partial charge in [0.15, 0.2) is 17.2 Å². The summed E-state index contributed by atoms with van der Waals surface area (Å²) in [5, 5.41) is 18.0. The number of hydrogen-bond donors (Lipinski definition) is 2. The van der Waals surface area contributed by atoms with Crippen molar-refractivity contribution >= 4 is 29.0 Å². The molecule has 0 aliphatic carbocycles. The van der Waals surface area contributed by atoms with Gasteiger partial charge in [0.1, 0.15) is 5.56 Å². The Hall–Kier alpha value is -3.14. The first-order valence-corrected chi connectivity index (χ1v) is 8.92. The third-order valence-corrected chi connectivity index (χ3v) is 4.49. The lowest BCUT2D eigenvalue weighted by atomic mass is 9.95. The van der Waals surface area contributed by atoms with Gasteiger partial charge < -0.3 is 29.6 Å². The third kappa shape index (κ3) is 3.26. The molecule has 1 aromatic heterocycles. The topological polar surface area (TPSA) is 121 Å². The summed E-state index contributed by atoms with van der Waals surface area (Å²) in [6, 6.07) is 3.61. The van der Waals surface area contributed by atoms with E-state index in [0.717, 1.165) is 5.56 Å². The average Bonchev–Trinajstić information content (AvgIpc) is 2.97. The molecule has 3 rings (SSSR count). The second-order valence-corrected chi connectivity index (χ2v) is 6.34. The molecular weight excluding hydrogens is 384 g/mol. The van der Waals surface area contributed by atoms with Gasteiger partial charge in [0.2, 0.25) is 11.0 Å². The molecule has 9 nitrogen and oxygen atoms in total. The van der Waals surface area contributed by atoms with Gasteiger partial charge in [-0.05, 0) is 43.3 Å². The lowest BCUT2D eigenvalue weighted by Gasteiger charge is -2.22. The number of esters is 1. The molecule has 3 N–H and O–H groups in total. The van der Waals surface area contributed by atoms with E-state index in [1.165, 1.54) is 7.11 Å². The summed E-state index contributed by atoms with van der Waals surface area (Å²) in [5.41, 5.74) is 7.54. The van der Waals surface area contributed by atoms with E-state index >= 15 is 0 Å². The molecule has 0 bridgehead atoms. The van der Waals surface area contributed by atoms with Crippen LogP contribution in [0.2, 0.25) is 0 Å². The molecule has 0 unspecified atom stereocenters. The fraction of sp³-hybridized carbons (Fsp3) is 0.333. The molecule has 0 amide bonds. The van der Waals surface area contributed by atoms with Gasteiger partial charge in [0.05, 0.1) is 26.5 Å². The van der Waals surface area contributed by atoms with Crippen LogP contribution < -0.4 is 15.2 Å². The van der Waals surface area contributed by atoms with Gasteiger partial charge in [0.25, 0.3) is 0 Å². The number of benzene rings is 1. The number of fused-ring (bicyclic) bond motifs is 3. The van der Waals surface area contributed by atoms with E-state index in [1.54, 1.807) is 24.7 Å². The van der Waals surface area contributed by atoms with Gasteiger partial charge in [-0.3, -0.25) is 0 Å². The van der Waals surface area contributed by atoms with Gasteiger partial charge in [-0.1, -0.05) is 0 Å². The maximum atomic E-state index is 12.7. The number of hydrogen-bond acceptors (Lipinski definition) is 7. The van der Waals surface area contributed by atoms with Crippen molar-refractivity contribution in [3.63, 3.8) is 0 Å². The second kappa shape index (κ2) is 7.85. The third-order valence-electron chi connectivity index (χ3n) is 4.41. The van der Waals surface area contributed by atoms with E-state index in [1.807, 2.05) is 6.07 Å². The van der Waals surface area contributed by atoms with E-state index in [9.17, 15) is 9.90 Å². The molecule has 0 saturated heterocycles. The standard InChI is InChI=1S/C18H20N4O5S/c1-4-27-17(24)13-14(20-21-18(19)28)16(23)22-6-5-9-7-11(25-2)12(26-3)8-10(9)15(13)22/h7-8,23H,4-6H2,1-3H3,(H2,19,28). The van der Waals surface area contributed by atoms with Crippen LogP contribution in [0.5, 0.6) is 17.4 Å². The molecule has 28 heavy (non-hydrogen) atoms. The minimum absolute atomic E-state index is 0.0381. The zero-order valence-corrected chi connectivity index (χ0v) is 16.5. The van der Waals surface area contributed by atoms with Crippen LogP contribution in [0, 0.1) is 0 Å². The Bertz CT molecular complexity index is 983. The first kappa shape index (κ1) is 19.6. The smallest absolute Gasteiger partial charge is 0.342 e. The van der Waals surface area contributed by atoms with Crippen LogP contribution in [0.4, 0.5) is 5.69 Å². The fourth-order valence-electron chi connectivity index (χ4n) is 3.26. The molecule has 0 atom stereocenters. The van der Waals surface area contributed by atoms with Gasteiger partial charge in [0, 0.05) is 12.1 Å². The van der Waals surface area contributed by atoms with Crippen molar-refractivity contribution in [3.8, 4) is 28.6 Å². The number of thiocarbonyl (C=S) groups is 1. The molecule has 1 aliphatic heterocycles. The molecule has 1 aliphatic rings. The average molecular weight is 404 g/mol. The van der Waals surface area contributed by atoms with Crippen LogP contribution in [-0.2, 0) is 17.7 Å². The predicted molar refractivity (Wildman–Crippen MR) is 106 cm³/mol. The summed E-state index contributed by atoms with van der Waals surface area (Å²) in [5.74, 6) is 0.234. The Balaban J connectivity index is 2.31. The quantitative estimate of drug-likeness (QED) is 0.446. The number of carbonyl (C=O) groups is 1. The number of azo groups is 1. The van der Waals surface area contributed by atoms with E-state index in [-0.39, 0.29) is 28.9 Å². The van der Waals surface area contributed by atoms with E-state index in [2.05, 4.69) is 10.2 Å². The maximum Gasteiger partial charge on any atom is 0.342 e. The van der Waals surface area contributed by atoms with Crippen LogP contribution in [0.1, 0.15) is 22.8 Å². The predicted octanol–water partition coefficient (Wildman–Crippen LogP) is 2.94. The number of aromatic hydroxyl groups is 1. The van der Waals surface area contributed by atoms with Crippen molar-refractivity contribution in [2.24, 2.45) is 16.0 Å². The molecule has 10 heteroatoms. The van der Waals surface area contributed by atoms with Crippen molar-refractivity contribution in [1.29, 1.82) is 0 Å². The highest BCUT2D eigenvalue weighted by Gasteiger charge is 2.33. The minimum atomic E-state index is -0.633. The number of methoxy groups -OCH3 is 2. The van der Waals surface area contributed by atoms with E-state index in [4.69, 9.17) is 32.2 Å². The molecule has 2 heterocycles. The van der Waals surface area contributed by atoms with Crippen molar-refractivity contribution in [2.45, 2.75) is 19.9 Å². The Morgan fingerprint density at radius 1 is 1.32 bits per heavy atom. The Kier molecular flexibility index (Phi) is 5.50. The molecule has 1 aromatic carbocycles.